The normalized spacial score (nSPS) is 11.2. The first-order valence-electron chi connectivity index (χ1n) is 8.64. The number of rotatable bonds is 6. The smallest absolute Gasteiger partial charge is 0.407 e. The fourth-order valence-corrected chi connectivity index (χ4v) is 2.89. The SMILES string of the molecule is Cc1cc(Oc2nn(CCNC(=O)OC(C)(C)C)c(C=O)c2Br)cc(C)c1F. The molecular weight excluding hydrogens is 433 g/mol. The first-order chi connectivity index (χ1) is 13.0. The minimum absolute atomic E-state index is 0.171. The van der Waals surface area contributed by atoms with Crippen LogP contribution < -0.4 is 10.1 Å². The van der Waals surface area contributed by atoms with Gasteiger partial charge < -0.3 is 14.8 Å². The third-order valence-corrected chi connectivity index (χ3v) is 4.38. The number of nitrogens with one attached hydrogen (secondary N) is 1. The summed E-state index contributed by atoms with van der Waals surface area (Å²) in [5.74, 6) is 0.287. The van der Waals surface area contributed by atoms with Crippen molar-refractivity contribution in [1.82, 2.24) is 15.1 Å². The third-order valence-electron chi connectivity index (χ3n) is 3.63. The lowest BCUT2D eigenvalue weighted by atomic mass is 10.1. The summed E-state index contributed by atoms with van der Waals surface area (Å²) in [5.41, 5.74) is 0.557. The van der Waals surface area contributed by atoms with Gasteiger partial charge in [0.25, 0.3) is 5.88 Å². The molecule has 2 aromatic rings. The van der Waals surface area contributed by atoms with E-state index in [9.17, 15) is 14.0 Å². The monoisotopic (exact) mass is 455 g/mol. The molecular formula is C19H23BrFN3O4. The number of amides is 1. The molecule has 0 saturated carbocycles. The maximum Gasteiger partial charge on any atom is 0.407 e. The number of nitrogens with zero attached hydrogens (tertiary/aromatic N) is 2. The fourth-order valence-electron chi connectivity index (χ4n) is 2.43. The summed E-state index contributed by atoms with van der Waals surface area (Å²) < 4.78 is 26.5. The second-order valence-electron chi connectivity index (χ2n) is 7.25. The molecule has 2 rings (SSSR count). The summed E-state index contributed by atoms with van der Waals surface area (Å²) in [7, 11) is 0. The number of hydrogen-bond donors (Lipinski definition) is 1. The van der Waals surface area contributed by atoms with Gasteiger partial charge in [0.15, 0.2) is 6.29 Å². The number of aryl methyl sites for hydroxylation is 2. The number of ether oxygens (including phenoxy) is 2. The van der Waals surface area contributed by atoms with Gasteiger partial charge in [0.2, 0.25) is 0 Å². The van der Waals surface area contributed by atoms with Crippen molar-refractivity contribution >= 4 is 28.3 Å². The molecule has 0 aliphatic heterocycles. The van der Waals surface area contributed by atoms with Gasteiger partial charge in [0.05, 0.1) is 6.54 Å². The molecule has 7 nitrogen and oxygen atoms in total. The molecule has 0 aliphatic carbocycles. The highest BCUT2D eigenvalue weighted by Gasteiger charge is 2.19. The minimum Gasteiger partial charge on any atom is -0.444 e. The lowest BCUT2D eigenvalue weighted by molar-refractivity contribution is 0.0525. The predicted molar refractivity (Wildman–Crippen MR) is 105 cm³/mol. The van der Waals surface area contributed by atoms with E-state index in [-0.39, 0.29) is 30.5 Å². The molecule has 0 radical (unpaired) electrons. The van der Waals surface area contributed by atoms with Crippen LogP contribution in [0, 0.1) is 19.7 Å². The van der Waals surface area contributed by atoms with Crippen LogP contribution in [-0.2, 0) is 11.3 Å². The highest BCUT2D eigenvalue weighted by molar-refractivity contribution is 9.10. The summed E-state index contributed by atoms with van der Waals surface area (Å²) in [4.78, 5) is 23.2. The van der Waals surface area contributed by atoms with E-state index >= 15 is 0 Å². The molecule has 0 fully saturated rings. The second kappa shape index (κ2) is 8.72. The Bertz CT molecular complexity index is 867. The highest BCUT2D eigenvalue weighted by Crippen LogP contribution is 2.32. The van der Waals surface area contributed by atoms with Gasteiger partial charge in [0, 0.05) is 6.54 Å². The van der Waals surface area contributed by atoms with Crippen LogP contribution in [0.1, 0.15) is 42.4 Å². The number of alkyl carbamates (subject to hydrolysis) is 1. The molecule has 0 unspecified atom stereocenters. The molecule has 1 heterocycles. The Balaban J connectivity index is 2.11. The Labute approximate surface area is 171 Å². The quantitative estimate of drug-likeness (QED) is 0.646. The predicted octanol–water partition coefficient (Wildman–Crippen LogP) is 4.53. The molecule has 1 amide bonds. The van der Waals surface area contributed by atoms with E-state index in [1.54, 1.807) is 46.8 Å². The van der Waals surface area contributed by atoms with Crippen LogP contribution in [0.5, 0.6) is 11.6 Å². The van der Waals surface area contributed by atoms with Gasteiger partial charge in [-0.15, -0.1) is 5.10 Å². The van der Waals surface area contributed by atoms with Crippen molar-refractivity contribution in [1.29, 1.82) is 0 Å². The summed E-state index contributed by atoms with van der Waals surface area (Å²) in [6.07, 6.45) is 0.0820. The van der Waals surface area contributed by atoms with Crippen LogP contribution >= 0.6 is 15.9 Å². The Morgan fingerprint density at radius 2 is 1.93 bits per heavy atom. The van der Waals surface area contributed by atoms with Crippen molar-refractivity contribution in [3.8, 4) is 11.6 Å². The van der Waals surface area contributed by atoms with Gasteiger partial charge in [0.1, 0.15) is 27.3 Å². The van der Waals surface area contributed by atoms with Crippen molar-refractivity contribution in [2.45, 2.75) is 46.8 Å². The Kier molecular flexibility index (Phi) is 6.82. The van der Waals surface area contributed by atoms with Crippen molar-refractivity contribution in [3.63, 3.8) is 0 Å². The van der Waals surface area contributed by atoms with Gasteiger partial charge in [-0.25, -0.2) is 9.18 Å². The van der Waals surface area contributed by atoms with Crippen molar-refractivity contribution in [2.75, 3.05) is 6.54 Å². The zero-order valence-corrected chi connectivity index (χ0v) is 18.0. The van der Waals surface area contributed by atoms with E-state index < -0.39 is 11.7 Å². The summed E-state index contributed by atoms with van der Waals surface area (Å²) in [6.45, 7) is 9.03. The highest BCUT2D eigenvalue weighted by atomic mass is 79.9. The van der Waals surface area contributed by atoms with Crippen LogP contribution in [0.2, 0.25) is 0 Å². The first-order valence-corrected chi connectivity index (χ1v) is 9.44. The molecule has 0 bridgehead atoms. The minimum atomic E-state index is -0.598. The Hall–Kier alpha value is -2.42. The van der Waals surface area contributed by atoms with Crippen LogP contribution in [0.3, 0.4) is 0 Å². The number of aromatic nitrogens is 2. The number of carbonyl (C=O) groups excluding carboxylic acids is 2. The third kappa shape index (κ3) is 5.54. The van der Waals surface area contributed by atoms with E-state index in [2.05, 4.69) is 26.3 Å². The lowest BCUT2D eigenvalue weighted by Gasteiger charge is -2.19. The molecule has 28 heavy (non-hydrogen) atoms. The van der Waals surface area contributed by atoms with E-state index in [0.717, 1.165) is 0 Å². The number of hydrogen-bond acceptors (Lipinski definition) is 5. The Morgan fingerprint density at radius 3 is 2.46 bits per heavy atom. The van der Waals surface area contributed by atoms with Crippen LogP contribution in [0.4, 0.5) is 9.18 Å². The number of aldehydes is 1. The van der Waals surface area contributed by atoms with Crippen molar-refractivity contribution in [3.05, 3.63) is 39.2 Å². The summed E-state index contributed by atoms with van der Waals surface area (Å²) >= 11 is 3.31. The number of benzene rings is 1. The molecule has 9 heteroatoms. The van der Waals surface area contributed by atoms with Gasteiger partial charge in [-0.05, 0) is 73.8 Å². The standard InChI is InChI=1S/C19H23BrFN3O4/c1-11-8-13(9-12(2)16(11)21)27-17-15(20)14(10-25)24(23-17)7-6-22-18(26)28-19(3,4)5/h8-10H,6-7H2,1-5H3,(H,22,26). The molecule has 0 atom stereocenters. The van der Waals surface area contributed by atoms with E-state index in [1.165, 1.54) is 4.68 Å². The van der Waals surface area contributed by atoms with Gasteiger partial charge >= 0.3 is 6.09 Å². The summed E-state index contributed by atoms with van der Waals surface area (Å²) in [6, 6.07) is 3.11. The molecule has 1 N–H and O–H groups in total. The van der Waals surface area contributed by atoms with Crippen LogP contribution in [0.15, 0.2) is 16.6 Å². The van der Waals surface area contributed by atoms with Gasteiger partial charge in [-0.3, -0.25) is 9.48 Å². The second-order valence-corrected chi connectivity index (χ2v) is 8.04. The molecule has 152 valence electrons. The van der Waals surface area contributed by atoms with Crippen LogP contribution in [-0.4, -0.2) is 34.3 Å². The molecule has 0 aliphatic rings. The van der Waals surface area contributed by atoms with Crippen molar-refractivity contribution < 1.29 is 23.5 Å². The molecule has 0 saturated heterocycles. The average Bonchev–Trinajstić information content (AvgIpc) is 2.86. The van der Waals surface area contributed by atoms with Gasteiger partial charge in [-0.2, -0.15) is 0 Å². The zero-order chi connectivity index (χ0) is 21.1. The average molecular weight is 456 g/mol. The van der Waals surface area contributed by atoms with E-state index in [0.29, 0.717) is 27.6 Å². The van der Waals surface area contributed by atoms with Gasteiger partial charge in [-0.1, -0.05) is 0 Å². The zero-order valence-electron chi connectivity index (χ0n) is 16.4. The number of halogens is 2. The van der Waals surface area contributed by atoms with Crippen molar-refractivity contribution in [2.24, 2.45) is 0 Å². The Morgan fingerprint density at radius 1 is 1.32 bits per heavy atom. The molecule has 1 aromatic heterocycles. The van der Waals surface area contributed by atoms with E-state index in [4.69, 9.17) is 9.47 Å². The first kappa shape index (κ1) is 21.9. The lowest BCUT2D eigenvalue weighted by Crippen LogP contribution is -2.34. The van der Waals surface area contributed by atoms with Crippen LogP contribution in [0.25, 0.3) is 0 Å². The summed E-state index contributed by atoms with van der Waals surface area (Å²) in [5, 5.41) is 6.86. The maximum absolute atomic E-state index is 13.8. The topological polar surface area (TPSA) is 82.4 Å². The van der Waals surface area contributed by atoms with E-state index in [1.807, 2.05) is 0 Å². The maximum atomic E-state index is 13.8. The number of carbonyl (C=O) groups is 2. The fraction of sp³-hybridized carbons (Fsp3) is 0.421. The molecule has 0 spiro atoms. The largest absolute Gasteiger partial charge is 0.444 e. The molecule has 1 aromatic carbocycles.